The largest absolute Gasteiger partial charge is 0.452 e. The van der Waals surface area contributed by atoms with E-state index in [9.17, 15) is 14.4 Å². The molecule has 1 fully saturated rings. The third kappa shape index (κ3) is 4.27. The summed E-state index contributed by atoms with van der Waals surface area (Å²) >= 11 is 0. The van der Waals surface area contributed by atoms with Gasteiger partial charge in [0.05, 0.1) is 5.56 Å². The maximum Gasteiger partial charge on any atom is 0.338 e. The fourth-order valence-corrected chi connectivity index (χ4v) is 2.75. The molecule has 1 heterocycles. The lowest BCUT2D eigenvalue weighted by atomic mass is 10.1. The van der Waals surface area contributed by atoms with Crippen LogP contribution in [-0.2, 0) is 14.3 Å². The van der Waals surface area contributed by atoms with Crippen molar-refractivity contribution in [3.8, 4) is 0 Å². The van der Waals surface area contributed by atoms with Gasteiger partial charge in [0.15, 0.2) is 6.61 Å². The number of ether oxygens (including phenoxy) is 1. The van der Waals surface area contributed by atoms with Gasteiger partial charge in [-0.1, -0.05) is 17.7 Å². The number of hydrogen-bond acceptors (Lipinski definition) is 4. The van der Waals surface area contributed by atoms with E-state index in [1.165, 1.54) is 0 Å². The summed E-state index contributed by atoms with van der Waals surface area (Å²) in [6, 6.07) is 14.0. The summed E-state index contributed by atoms with van der Waals surface area (Å²) in [5, 5.41) is 2.67. The second kappa shape index (κ2) is 7.82. The summed E-state index contributed by atoms with van der Waals surface area (Å²) in [6.07, 6.45) is 1.44. The molecule has 6 nitrogen and oxygen atoms in total. The van der Waals surface area contributed by atoms with Crippen LogP contribution in [-0.4, -0.2) is 30.9 Å². The van der Waals surface area contributed by atoms with Crippen LogP contribution in [0.15, 0.2) is 48.5 Å². The molecular formula is C20H20N2O4. The molecule has 0 aromatic heterocycles. The van der Waals surface area contributed by atoms with Crippen molar-refractivity contribution in [2.75, 3.05) is 23.4 Å². The molecule has 3 rings (SSSR count). The summed E-state index contributed by atoms with van der Waals surface area (Å²) in [5.74, 6) is -0.844. The zero-order valence-corrected chi connectivity index (χ0v) is 14.5. The smallest absolute Gasteiger partial charge is 0.338 e. The highest BCUT2D eigenvalue weighted by atomic mass is 16.5. The number of nitrogens with one attached hydrogen (secondary N) is 1. The SMILES string of the molecule is Cc1ccc(C(=O)OCC(=O)Nc2ccc(N3CCCC3=O)cc2)cc1. The second-order valence-corrected chi connectivity index (χ2v) is 6.19. The highest BCUT2D eigenvalue weighted by Crippen LogP contribution is 2.23. The van der Waals surface area contributed by atoms with Crippen molar-refractivity contribution in [1.82, 2.24) is 0 Å². The van der Waals surface area contributed by atoms with E-state index in [2.05, 4.69) is 5.32 Å². The average molecular weight is 352 g/mol. The fraction of sp³-hybridized carbons (Fsp3) is 0.250. The molecule has 2 amide bonds. The molecule has 1 aliphatic rings. The number of carbonyl (C=O) groups excluding carboxylic acids is 3. The molecule has 0 unspecified atom stereocenters. The number of amides is 2. The van der Waals surface area contributed by atoms with E-state index in [4.69, 9.17) is 4.74 Å². The Morgan fingerprint density at radius 1 is 1.08 bits per heavy atom. The second-order valence-electron chi connectivity index (χ2n) is 6.19. The van der Waals surface area contributed by atoms with Gasteiger partial charge in [-0.15, -0.1) is 0 Å². The minimum absolute atomic E-state index is 0.116. The highest BCUT2D eigenvalue weighted by molar-refractivity contribution is 5.97. The van der Waals surface area contributed by atoms with Gasteiger partial charge in [0.25, 0.3) is 5.91 Å². The molecule has 26 heavy (non-hydrogen) atoms. The molecule has 6 heteroatoms. The molecule has 2 aromatic rings. The van der Waals surface area contributed by atoms with Crippen molar-refractivity contribution < 1.29 is 19.1 Å². The van der Waals surface area contributed by atoms with Gasteiger partial charge < -0.3 is 15.0 Å². The molecule has 0 bridgehead atoms. The maximum atomic E-state index is 11.9. The number of aryl methyl sites for hydroxylation is 1. The zero-order valence-electron chi connectivity index (χ0n) is 14.5. The summed E-state index contributed by atoms with van der Waals surface area (Å²) in [7, 11) is 0. The normalized spacial score (nSPS) is 13.6. The summed E-state index contributed by atoms with van der Waals surface area (Å²) in [4.78, 5) is 37.3. The molecule has 134 valence electrons. The first kappa shape index (κ1) is 17.7. The zero-order chi connectivity index (χ0) is 18.5. The van der Waals surface area contributed by atoms with Crippen LogP contribution in [0.2, 0.25) is 0 Å². The lowest BCUT2D eigenvalue weighted by Crippen LogP contribution is -2.23. The Labute approximate surface area is 151 Å². The number of anilines is 2. The first-order valence-electron chi connectivity index (χ1n) is 8.47. The lowest BCUT2D eigenvalue weighted by molar-refractivity contribution is -0.119. The van der Waals surface area contributed by atoms with Crippen LogP contribution in [0.3, 0.4) is 0 Å². The van der Waals surface area contributed by atoms with Crippen molar-refractivity contribution >= 4 is 29.2 Å². The molecule has 0 saturated carbocycles. The predicted molar refractivity (Wildman–Crippen MR) is 98.1 cm³/mol. The van der Waals surface area contributed by atoms with Gasteiger partial charge >= 0.3 is 5.97 Å². The van der Waals surface area contributed by atoms with Crippen LogP contribution < -0.4 is 10.2 Å². The Kier molecular flexibility index (Phi) is 5.31. The number of carbonyl (C=O) groups is 3. The number of benzene rings is 2. The monoisotopic (exact) mass is 352 g/mol. The topological polar surface area (TPSA) is 75.7 Å². The van der Waals surface area contributed by atoms with Crippen molar-refractivity contribution in [1.29, 1.82) is 0 Å². The van der Waals surface area contributed by atoms with E-state index in [0.29, 0.717) is 17.7 Å². The summed E-state index contributed by atoms with van der Waals surface area (Å²) < 4.78 is 5.02. The molecule has 1 saturated heterocycles. The Morgan fingerprint density at radius 3 is 2.38 bits per heavy atom. The average Bonchev–Trinajstić information content (AvgIpc) is 3.07. The van der Waals surface area contributed by atoms with E-state index in [1.54, 1.807) is 41.3 Å². The predicted octanol–water partition coefficient (Wildman–Crippen LogP) is 2.92. The van der Waals surface area contributed by atoms with Crippen LogP contribution in [0.1, 0.15) is 28.8 Å². The third-order valence-corrected chi connectivity index (χ3v) is 4.16. The van der Waals surface area contributed by atoms with E-state index in [0.717, 1.165) is 24.2 Å². The van der Waals surface area contributed by atoms with E-state index in [1.807, 2.05) is 19.1 Å². The Bertz CT molecular complexity index is 813. The van der Waals surface area contributed by atoms with Gasteiger partial charge in [0, 0.05) is 24.3 Å². The van der Waals surface area contributed by atoms with Gasteiger partial charge in [-0.05, 0) is 49.7 Å². The quantitative estimate of drug-likeness (QED) is 0.840. The maximum absolute atomic E-state index is 11.9. The molecule has 0 atom stereocenters. The number of nitrogens with zero attached hydrogens (tertiary/aromatic N) is 1. The van der Waals surface area contributed by atoms with Gasteiger partial charge in [0.1, 0.15) is 0 Å². The number of esters is 1. The molecule has 0 radical (unpaired) electrons. The van der Waals surface area contributed by atoms with Crippen LogP contribution in [0, 0.1) is 6.92 Å². The molecular weight excluding hydrogens is 332 g/mol. The molecule has 1 aliphatic heterocycles. The summed E-state index contributed by atoms with van der Waals surface area (Å²) in [6.45, 7) is 2.28. The number of rotatable bonds is 5. The Morgan fingerprint density at radius 2 is 1.77 bits per heavy atom. The molecule has 0 spiro atoms. The first-order chi connectivity index (χ1) is 12.5. The van der Waals surface area contributed by atoms with Crippen molar-refractivity contribution in [3.05, 3.63) is 59.7 Å². The van der Waals surface area contributed by atoms with Crippen LogP contribution in [0.4, 0.5) is 11.4 Å². The number of hydrogen-bond donors (Lipinski definition) is 1. The van der Waals surface area contributed by atoms with Gasteiger partial charge in [-0.25, -0.2) is 4.79 Å². The van der Waals surface area contributed by atoms with Crippen LogP contribution in [0.5, 0.6) is 0 Å². The first-order valence-corrected chi connectivity index (χ1v) is 8.47. The minimum atomic E-state index is -0.539. The van der Waals surface area contributed by atoms with Gasteiger partial charge in [0.2, 0.25) is 5.91 Å². The molecule has 1 N–H and O–H groups in total. The Hall–Kier alpha value is -3.15. The fourth-order valence-electron chi connectivity index (χ4n) is 2.75. The van der Waals surface area contributed by atoms with Crippen molar-refractivity contribution in [2.45, 2.75) is 19.8 Å². The minimum Gasteiger partial charge on any atom is -0.452 e. The molecule has 2 aromatic carbocycles. The third-order valence-electron chi connectivity index (χ3n) is 4.16. The van der Waals surface area contributed by atoms with Gasteiger partial charge in [-0.3, -0.25) is 9.59 Å². The van der Waals surface area contributed by atoms with Crippen molar-refractivity contribution in [2.24, 2.45) is 0 Å². The molecule has 0 aliphatic carbocycles. The highest BCUT2D eigenvalue weighted by Gasteiger charge is 2.21. The van der Waals surface area contributed by atoms with E-state index < -0.39 is 11.9 Å². The Balaban J connectivity index is 1.50. The standard InChI is InChI=1S/C20H20N2O4/c1-14-4-6-15(7-5-14)20(25)26-13-18(23)21-16-8-10-17(11-9-16)22-12-2-3-19(22)24/h4-11H,2-3,12-13H2,1H3,(H,21,23). The van der Waals surface area contributed by atoms with E-state index in [-0.39, 0.29) is 12.5 Å². The van der Waals surface area contributed by atoms with Crippen LogP contribution >= 0.6 is 0 Å². The van der Waals surface area contributed by atoms with E-state index >= 15 is 0 Å². The van der Waals surface area contributed by atoms with Crippen molar-refractivity contribution in [3.63, 3.8) is 0 Å². The lowest BCUT2D eigenvalue weighted by Gasteiger charge is -2.16. The van der Waals surface area contributed by atoms with Crippen LogP contribution in [0.25, 0.3) is 0 Å². The van der Waals surface area contributed by atoms with Gasteiger partial charge in [-0.2, -0.15) is 0 Å². The summed E-state index contributed by atoms with van der Waals surface area (Å²) in [5.41, 5.74) is 2.84.